The summed E-state index contributed by atoms with van der Waals surface area (Å²) in [4.78, 5) is 27.4. The standard InChI is InChI=1S/C16H20N4O3S/c1-3-14(21)12-4-6-13(7-5-12)23-10-15(22)17-8-9-24-16-18-11(2)19-20-16/h4-7H,3,8-10H2,1-2H3,(H,17,22)(H,18,19,20). The fourth-order valence-electron chi connectivity index (χ4n) is 1.86. The number of aromatic amines is 1. The van der Waals surface area contributed by atoms with Crippen LogP contribution in [0, 0.1) is 6.92 Å². The molecule has 1 aromatic heterocycles. The summed E-state index contributed by atoms with van der Waals surface area (Å²) >= 11 is 1.46. The van der Waals surface area contributed by atoms with Gasteiger partial charge >= 0.3 is 0 Å². The molecule has 1 amide bonds. The lowest BCUT2D eigenvalue weighted by molar-refractivity contribution is -0.122. The van der Waals surface area contributed by atoms with Gasteiger partial charge in [-0.15, -0.1) is 5.10 Å². The van der Waals surface area contributed by atoms with Gasteiger partial charge < -0.3 is 10.1 Å². The summed E-state index contributed by atoms with van der Waals surface area (Å²) < 4.78 is 5.39. The average Bonchev–Trinajstić information content (AvgIpc) is 3.02. The van der Waals surface area contributed by atoms with Crippen molar-refractivity contribution in [1.29, 1.82) is 0 Å². The molecular formula is C16H20N4O3S. The molecule has 0 saturated carbocycles. The predicted molar refractivity (Wildman–Crippen MR) is 91.4 cm³/mol. The van der Waals surface area contributed by atoms with Crippen LogP contribution in [0.5, 0.6) is 5.75 Å². The van der Waals surface area contributed by atoms with Gasteiger partial charge in [-0.1, -0.05) is 18.7 Å². The van der Waals surface area contributed by atoms with Gasteiger partial charge in [0.05, 0.1) is 0 Å². The first-order valence-corrected chi connectivity index (χ1v) is 8.61. The number of thioether (sulfide) groups is 1. The van der Waals surface area contributed by atoms with Gasteiger partial charge in [-0.2, -0.15) is 0 Å². The van der Waals surface area contributed by atoms with Gasteiger partial charge in [0.15, 0.2) is 12.4 Å². The Kier molecular flexibility index (Phi) is 6.80. The quantitative estimate of drug-likeness (QED) is 0.409. The molecule has 24 heavy (non-hydrogen) atoms. The van der Waals surface area contributed by atoms with E-state index in [-0.39, 0.29) is 18.3 Å². The van der Waals surface area contributed by atoms with E-state index in [1.807, 2.05) is 13.8 Å². The van der Waals surface area contributed by atoms with Crippen LogP contribution in [-0.2, 0) is 4.79 Å². The molecule has 0 unspecified atom stereocenters. The first kappa shape index (κ1) is 18.0. The summed E-state index contributed by atoms with van der Waals surface area (Å²) in [7, 11) is 0. The molecule has 2 aromatic rings. The maximum Gasteiger partial charge on any atom is 0.257 e. The van der Waals surface area contributed by atoms with Crippen LogP contribution in [0.2, 0.25) is 0 Å². The van der Waals surface area contributed by atoms with E-state index < -0.39 is 0 Å². The molecule has 0 atom stereocenters. The third-order valence-corrected chi connectivity index (χ3v) is 3.95. The van der Waals surface area contributed by atoms with Crippen molar-refractivity contribution in [2.24, 2.45) is 0 Å². The van der Waals surface area contributed by atoms with Crippen molar-refractivity contribution in [1.82, 2.24) is 20.5 Å². The van der Waals surface area contributed by atoms with E-state index in [0.717, 1.165) is 5.82 Å². The number of hydrogen-bond donors (Lipinski definition) is 2. The number of Topliss-reactive ketones (excluding diaryl/α,β-unsaturated/α-hetero) is 1. The topological polar surface area (TPSA) is 97.0 Å². The van der Waals surface area contributed by atoms with Crippen molar-refractivity contribution in [2.45, 2.75) is 25.4 Å². The number of amides is 1. The van der Waals surface area contributed by atoms with Crippen molar-refractivity contribution >= 4 is 23.5 Å². The van der Waals surface area contributed by atoms with E-state index in [4.69, 9.17) is 4.74 Å². The molecule has 0 aliphatic rings. The summed E-state index contributed by atoms with van der Waals surface area (Å²) in [5.74, 6) is 1.88. The molecule has 0 bridgehead atoms. The summed E-state index contributed by atoms with van der Waals surface area (Å²) in [6.45, 7) is 4.09. The average molecular weight is 348 g/mol. The minimum Gasteiger partial charge on any atom is -0.484 e. The third-order valence-electron chi connectivity index (χ3n) is 3.10. The minimum absolute atomic E-state index is 0.0640. The maximum absolute atomic E-state index is 11.7. The van der Waals surface area contributed by atoms with Crippen LogP contribution in [0.25, 0.3) is 0 Å². The van der Waals surface area contributed by atoms with Crippen LogP contribution in [0.4, 0.5) is 0 Å². The smallest absolute Gasteiger partial charge is 0.257 e. The van der Waals surface area contributed by atoms with Crippen molar-refractivity contribution < 1.29 is 14.3 Å². The van der Waals surface area contributed by atoms with Crippen molar-refractivity contribution in [3.05, 3.63) is 35.7 Å². The van der Waals surface area contributed by atoms with Gasteiger partial charge in [-0.05, 0) is 31.2 Å². The fourth-order valence-corrected chi connectivity index (χ4v) is 2.56. The highest BCUT2D eigenvalue weighted by molar-refractivity contribution is 7.99. The monoisotopic (exact) mass is 348 g/mol. The first-order valence-electron chi connectivity index (χ1n) is 7.63. The van der Waals surface area contributed by atoms with Crippen LogP contribution in [-0.4, -0.2) is 45.8 Å². The molecule has 7 nitrogen and oxygen atoms in total. The molecule has 1 aromatic carbocycles. The zero-order valence-electron chi connectivity index (χ0n) is 13.7. The van der Waals surface area contributed by atoms with Crippen LogP contribution in [0.1, 0.15) is 29.5 Å². The summed E-state index contributed by atoms with van der Waals surface area (Å²) in [5, 5.41) is 10.2. The van der Waals surface area contributed by atoms with Gasteiger partial charge in [0.25, 0.3) is 5.91 Å². The zero-order valence-corrected chi connectivity index (χ0v) is 14.5. The van der Waals surface area contributed by atoms with Crippen LogP contribution < -0.4 is 10.1 Å². The number of nitrogens with zero attached hydrogens (tertiary/aromatic N) is 2. The zero-order chi connectivity index (χ0) is 17.4. The lowest BCUT2D eigenvalue weighted by atomic mass is 10.1. The Labute approximate surface area is 144 Å². The second kappa shape index (κ2) is 9.07. The molecule has 0 aliphatic carbocycles. The minimum atomic E-state index is -0.199. The predicted octanol–water partition coefficient (Wildman–Crippen LogP) is 1.99. The molecule has 0 saturated heterocycles. The molecule has 0 spiro atoms. The first-order chi connectivity index (χ1) is 11.6. The largest absolute Gasteiger partial charge is 0.484 e. The van der Waals surface area contributed by atoms with Crippen LogP contribution in [0.15, 0.2) is 29.4 Å². The Morgan fingerprint density at radius 3 is 2.67 bits per heavy atom. The highest BCUT2D eigenvalue weighted by Gasteiger charge is 2.06. The molecule has 0 fully saturated rings. The van der Waals surface area contributed by atoms with Crippen LogP contribution in [0.3, 0.4) is 0 Å². The van der Waals surface area contributed by atoms with E-state index in [1.54, 1.807) is 24.3 Å². The molecule has 2 N–H and O–H groups in total. The van der Waals surface area contributed by atoms with E-state index >= 15 is 0 Å². The second-order valence-corrected chi connectivity index (χ2v) is 6.05. The fraction of sp³-hybridized carbons (Fsp3) is 0.375. The summed E-state index contributed by atoms with van der Waals surface area (Å²) in [6, 6.07) is 6.79. The number of rotatable bonds is 9. The van der Waals surface area contributed by atoms with Gasteiger partial charge in [0, 0.05) is 24.3 Å². The van der Waals surface area contributed by atoms with E-state index in [1.165, 1.54) is 11.8 Å². The van der Waals surface area contributed by atoms with Crippen LogP contribution >= 0.6 is 11.8 Å². The summed E-state index contributed by atoms with van der Waals surface area (Å²) in [5.41, 5.74) is 0.647. The van der Waals surface area contributed by atoms with Gasteiger partial charge in [-0.3, -0.25) is 14.7 Å². The Bertz CT molecular complexity index is 685. The van der Waals surface area contributed by atoms with Gasteiger partial charge in [0.2, 0.25) is 5.16 Å². The number of benzene rings is 1. The SMILES string of the molecule is CCC(=O)c1ccc(OCC(=O)NCCSc2n[nH]c(C)n2)cc1. The van der Waals surface area contributed by atoms with Crippen molar-refractivity contribution in [3.8, 4) is 5.75 Å². The number of aromatic nitrogens is 3. The molecule has 8 heteroatoms. The molecule has 0 radical (unpaired) electrons. The van der Waals surface area contributed by atoms with Gasteiger partial charge in [-0.25, -0.2) is 4.98 Å². The van der Waals surface area contributed by atoms with E-state index in [0.29, 0.717) is 35.2 Å². The molecule has 0 aliphatic heterocycles. The lowest BCUT2D eigenvalue weighted by Crippen LogP contribution is -2.30. The van der Waals surface area contributed by atoms with Gasteiger partial charge in [0.1, 0.15) is 11.6 Å². The third kappa shape index (κ3) is 5.69. The molecule has 1 heterocycles. The van der Waals surface area contributed by atoms with E-state index in [9.17, 15) is 9.59 Å². The molecular weight excluding hydrogens is 328 g/mol. The number of ether oxygens (including phenoxy) is 1. The number of carbonyl (C=O) groups is 2. The number of aryl methyl sites for hydroxylation is 1. The number of hydrogen-bond acceptors (Lipinski definition) is 6. The van der Waals surface area contributed by atoms with E-state index in [2.05, 4.69) is 20.5 Å². The number of nitrogens with one attached hydrogen (secondary N) is 2. The molecule has 128 valence electrons. The normalized spacial score (nSPS) is 10.4. The second-order valence-electron chi connectivity index (χ2n) is 4.99. The summed E-state index contributed by atoms with van der Waals surface area (Å²) in [6.07, 6.45) is 0.466. The Morgan fingerprint density at radius 2 is 2.04 bits per heavy atom. The lowest BCUT2D eigenvalue weighted by Gasteiger charge is -2.07. The highest BCUT2D eigenvalue weighted by Crippen LogP contribution is 2.13. The highest BCUT2D eigenvalue weighted by atomic mass is 32.2. The Morgan fingerprint density at radius 1 is 1.29 bits per heavy atom. The van der Waals surface area contributed by atoms with Crippen molar-refractivity contribution in [2.75, 3.05) is 18.9 Å². The number of carbonyl (C=O) groups excluding carboxylic acids is 2. The Hall–Kier alpha value is -2.35. The molecule has 2 rings (SSSR count). The van der Waals surface area contributed by atoms with Crippen molar-refractivity contribution in [3.63, 3.8) is 0 Å². The Balaban J connectivity index is 1.64. The maximum atomic E-state index is 11.7. The number of ketones is 1. The number of H-pyrrole nitrogens is 1.